The van der Waals surface area contributed by atoms with Crippen LogP contribution in [0, 0.1) is 18.7 Å². The first-order valence-electron chi connectivity index (χ1n) is 5.46. The molecule has 1 unspecified atom stereocenters. The maximum absolute atomic E-state index is 13.4. The first-order valence-corrected chi connectivity index (χ1v) is 5.46. The number of rotatable bonds is 4. The number of benzene rings is 1. The standard InChI is InChI=1S/C13H18FNO/c1-8(2)12(15)7-13(16)10-6-9(3)4-5-11(10)14/h4-6,8,12H,7,15H2,1-3H3. The Kier molecular flexibility index (Phi) is 4.19. The van der Waals surface area contributed by atoms with Gasteiger partial charge in [0.1, 0.15) is 5.82 Å². The number of hydrogen-bond acceptors (Lipinski definition) is 2. The maximum atomic E-state index is 13.4. The van der Waals surface area contributed by atoms with Crippen LogP contribution in [0.5, 0.6) is 0 Å². The van der Waals surface area contributed by atoms with Gasteiger partial charge in [0.2, 0.25) is 0 Å². The molecule has 0 fully saturated rings. The Hall–Kier alpha value is -1.22. The minimum absolute atomic E-state index is 0.149. The van der Waals surface area contributed by atoms with Gasteiger partial charge >= 0.3 is 0 Å². The van der Waals surface area contributed by atoms with Crippen LogP contribution in [0.3, 0.4) is 0 Å². The SMILES string of the molecule is Cc1ccc(F)c(C(=O)CC(N)C(C)C)c1. The van der Waals surface area contributed by atoms with E-state index in [2.05, 4.69) is 0 Å². The molecule has 0 saturated carbocycles. The molecule has 1 aromatic rings. The van der Waals surface area contributed by atoms with Crippen molar-refractivity contribution in [2.75, 3.05) is 0 Å². The minimum atomic E-state index is -0.466. The summed E-state index contributed by atoms with van der Waals surface area (Å²) in [5, 5.41) is 0. The molecule has 0 aliphatic rings. The summed E-state index contributed by atoms with van der Waals surface area (Å²) in [5.74, 6) is -0.467. The van der Waals surface area contributed by atoms with Gasteiger partial charge in [0.15, 0.2) is 5.78 Å². The van der Waals surface area contributed by atoms with E-state index in [0.717, 1.165) is 5.56 Å². The van der Waals surface area contributed by atoms with Crippen LogP contribution in [0.15, 0.2) is 18.2 Å². The summed E-state index contributed by atoms with van der Waals surface area (Å²) < 4.78 is 13.4. The second kappa shape index (κ2) is 5.21. The zero-order valence-corrected chi connectivity index (χ0v) is 9.96. The fourth-order valence-electron chi connectivity index (χ4n) is 1.41. The molecule has 0 spiro atoms. The fourth-order valence-corrected chi connectivity index (χ4v) is 1.41. The molecule has 1 rings (SSSR count). The molecule has 0 heterocycles. The number of Topliss-reactive ketones (excluding diaryl/α,β-unsaturated/α-hetero) is 1. The lowest BCUT2D eigenvalue weighted by Crippen LogP contribution is -2.29. The molecule has 3 heteroatoms. The molecule has 0 saturated heterocycles. The van der Waals surface area contributed by atoms with Crippen LogP contribution in [0.4, 0.5) is 4.39 Å². The van der Waals surface area contributed by atoms with Gasteiger partial charge in [0.25, 0.3) is 0 Å². The molecule has 0 radical (unpaired) electrons. The number of hydrogen-bond donors (Lipinski definition) is 1. The van der Waals surface area contributed by atoms with E-state index >= 15 is 0 Å². The van der Waals surface area contributed by atoms with Gasteiger partial charge in [-0.3, -0.25) is 4.79 Å². The average molecular weight is 223 g/mol. The summed E-state index contributed by atoms with van der Waals surface area (Å²) in [4.78, 5) is 11.8. The van der Waals surface area contributed by atoms with E-state index in [9.17, 15) is 9.18 Å². The highest BCUT2D eigenvalue weighted by molar-refractivity contribution is 5.96. The van der Waals surface area contributed by atoms with Crippen LogP contribution >= 0.6 is 0 Å². The first kappa shape index (κ1) is 12.8. The number of ketones is 1. The summed E-state index contributed by atoms with van der Waals surface area (Å²) in [5.41, 5.74) is 6.83. The molecule has 2 nitrogen and oxygen atoms in total. The van der Waals surface area contributed by atoms with E-state index in [4.69, 9.17) is 5.73 Å². The van der Waals surface area contributed by atoms with Crippen molar-refractivity contribution in [2.45, 2.75) is 33.2 Å². The summed E-state index contributed by atoms with van der Waals surface area (Å²) in [6.07, 6.45) is 0.192. The van der Waals surface area contributed by atoms with Crippen molar-refractivity contribution in [3.63, 3.8) is 0 Å². The van der Waals surface area contributed by atoms with Gasteiger partial charge in [0.05, 0.1) is 5.56 Å². The average Bonchev–Trinajstić information content (AvgIpc) is 2.21. The van der Waals surface area contributed by atoms with E-state index in [-0.39, 0.29) is 29.7 Å². The predicted molar refractivity (Wildman–Crippen MR) is 62.9 cm³/mol. The van der Waals surface area contributed by atoms with Gasteiger partial charge in [-0.2, -0.15) is 0 Å². The maximum Gasteiger partial charge on any atom is 0.167 e. The normalized spacial score (nSPS) is 12.9. The van der Waals surface area contributed by atoms with E-state index in [1.54, 1.807) is 12.1 Å². The summed E-state index contributed by atoms with van der Waals surface area (Å²) in [6, 6.07) is 4.33. The van der Waals surface area contributed by atoms with E-state index in [0.29, 0.717) is 0 Å². The number of halogens is 1. The highest BCUT2D eigenvalue weighted by atomic mass is 19.1. The zero-order valence-electron chi connectivity index (χ0n) is 9.96. The van der Waals surface area contributed by atoms with E-state index < -0.39 is 5.82 Å². The zero-order chi connectivity index (χ0) is 12.3. The third-order valence-corrected chi connectivity index (χ3v) is 2.70. The summed E-state index contributed by atoms with van der Waals surface area (Å²) in [7, 11) is 0. The largest absolute Gasteiger partial charge is 0.327 e. The third kappa shape index (κ3) is 3.14. The van der Waals surface area contributed by atoms with Gasteiger partial charge < -0.3 is 5.73 Å². The van der Waals surface area contributed by atoms with Crippen molar-refractivity contribution >= 4 is 5.78 Å². The highest BCUT2D eigenvalue weighted by Gasteiger charge is 2.17. The van der Waals surface area contributed by atoms with Gasteiger partial charge in [-0.15, -0.1) is 0 Å². The molecule has 0 amide bonds. The van der Waals surface area contributed by atoms with Crippen molar-refractivity contribution in [3.8, 4) is 0 Å². The van der Waals surface area contributed by atoms with Gasteiger partial charge in [-0.1, -0.05) is 25.5 Å². The second-order valence-corrected chi connectivity index (χ2v) is 4.52. The Balaban J connectivity index is 2.84. The quantitative estimate of drug-likeness (QED) is 0.797. The Morgan fingerprint density at radius 1 is 1.44 bits per heavy atom. The number of carbonyl (C=O) groups excluding carboxylic acids is 1. The van der Waals surface area contributed by atoms with Crippen molar-refractivity contribution in [2.24, 2.45) is 11.7 Å². The molecule has 88 valence electrons. The van der Waals surface area contributed by atoms with E-state index in [1.807, 2.05) is 20.8 Å². The van der Waals surface area contributed by atoms with Crippen molar-refractivity contribution in [1.82, 2.24) is 0 Å². The topological polar surface area (TPSA) is 43.1 Å². The van der Waals surface area contributed by atoms with E-state index in [1.165, 1.54) is 6.07 Å². The van der Waals surface area contributed by atoms with Crippen molar-refractivity contribution < 1.29 is 9.18 Å². The molecule has 1 aromatic carbocycles. The smallest absolute Gasteiger partial charge is 0.167 e. The molecule has 16 heavy (non-hydrogen) atoms. The second-order valence-electron chi connectivity index (χ2n) is 4.52. The van der Waals surface area contributed by atoms with Crippen LogP contribution in [-0.2, 0) is 0 Å². The first-order chi connectivity index (χ1) is 7.41. The molecule has 1 atom stereocenters. The molecule has 0 aromatic heterocycles. The molecule has 0 bridgehead atoms. The lowest BCUT2D eigenvalue weighted by atomic mass is 9.96. The van der Waals surface area contributed by atoms with Crippen molar-refractivity contribution in [3.05, 3.63) is 35.1 Å². The Morgan fingerprint density at radius 2 is 2.06 bits per heavy atom. The number of nitrogens with two attached hydrogens (primary N) is 1. The minimum Gasteiger partial charge on any atom is -0.327 e. The Bertz CT molecular complexity index is 388. The van der Waals surface area contributed by atoms with Crippen LogP contribution in [-0.4, -0.2) is 11.8 Å². The molecule has 0 aliphatic heterocycles. The summed E-state index contributed by atoms with van der Waals surface area (Å²) in [6.45, 7) is 5.73. The molecule has 2 N–H and O–H groups in total. The fraction of sp³-hybridized carbons (Fsp3) is 0.462. The Morgan fingerprint density at radius 3 is 2.62 bits per heavy atom. The van der Waals surface area contributed by atoms with Gasteiger partial charge in [-0.05, 0) is 25.0 Å². The van der Waals surface area contributed by atoms with Crippen LogP contribution in [0.25, 0.3) is 0 Å². The lowest BCUT2D eigenvalue weighted by Gasteiger charge is -2.14. The van der Waals surface area contributed by atoms with Crippen molar-refractivity contribution in [1.29, 1.82) is 0 Å². The highest BCUT2D eigenvalue weighted by Crippen LogP contribution is 2.14. The lowest BCUT2D eigenvalue weighted by molar-refractivity contribution is 0.0963. The van der Waals surface area contributed by atoms with Gasteiger partial charge in [0, 0.05) is 12.5 Å². The Labute approximate surface area is 95.7 Å². The van der Waals surface area contributed by atoms with Gasteiger partial charge in [-0.25, -0.2) is 4.39 Å². The number of aryl methyl sites for hydroxylation is 1. The third-order valence-electron chi connectivity index (χ3n) is 2.70. The number of carbonyl (C=O) groups is 1. The van der Waals surface area contributed by atoms with Crippen LogP contribution in [0.1, 0.15) is 36.2 Å². The molecule has 0 aliphatic carbocycles. The van der Waals surface area contributed by atoms with Crippen LogP contribution < -0.4 is 5.73 Å². The summed E-state index contributed by atoms with van der Waals surface area (Å²) >= 11 is 0. The predicted octanol–water partition coefficient (Wildman–Crippen LogP) is 2.69. The van der Waals surface area contributed by atoms with Crippen LogP contribution in [0.2, 0.25) is 0 Å². The monoisotopic (exact) mass is 223 g/mol. The molecular weight excluding hydrogens is 205 g/mol. The molecular formula is C13H18FNO.